The summed E-state index contributed by atoms with van der Waals surface area (Å²) >= 11 is 0. The molecule has 0 amide bonds. The number of benzene rings is 8. The molecule has 8 aromatic carbocycles. The molecule has 0 saturated carbocycles. The highest BCUT2D eigenvalue weighted by Gasteiger charge is 2.18. The van der Waals surface area contributed by atoms with Crippen molar-refractivity contribution in [3.05, 3.63) is 157 Å². The molecule has 0 aliphatic heterocycles. The second kappa shape index (κ2) is 9.94. The van der Waals surface area contributed by atoms with Crippen LogP contribution in [0.5, 0.6) is 0 Å². The summed E-state index contributed by atoms with van der Waals surface area (Å²) in [5.41, 5.74) is 11.4. The Morgan fingerprint density at radius 3 is 1.60 bits per heavy atom. The summed E-state index contributed by atoms with van der Waals surface area (Å²) in [6.45, 7) is 2.20. The predicted octanol–water partition coefficient (Wildman–Crippen LogP) is 12.1. The van der Waals surface area contributed by atoms with Gasteiger partial charge < -0.3 is 4.57 Å². The van der Waals surface area contributed by atoms with Gasteiger partial charge in [0.2, 0.25) is 0 Å². The summed E-state index contributed by atoms with van der Waals surface area (Å²) < 4.78 is 2.29. The number of aromatic nitrogens is 1. The zero-order valence-corrected chi connectivity index (χ0v) is 25.4. The van der Waals surface area contributed by atoms with Gasteiger partial charge in [0.1, 0.15) is 0 Å². The zero-order chi connectivity index (χ0) is 30.1. The van der Waals surface area contributed by atoms with Gasteiger partial charge in [0, 0.05) is 28.9 Å². The van der Waals surface area contributed by atoms with Crippen LogP contribution in [0.15, 0.2) is 152 Å². The average Bonchev–Trinajstić information content (AvgIpc) is 3.38. The molecule has 0 radical (unpaired) electrons. The maximum Gasteiger partial charge on any atom is 0.0489 e. The van der Waals surface area contributed by atoms with E-state index in [4.69, 9.17) is 0 Å². The molecule has 45 heavy (non-hydrogen) atoms. The molecule has 0 unspecified atom stereocenters. The normalized spacial score (nSPS) is 11.8. The van der Waals surface area contributed by atoms with Gasteiger partial charge in [-0.15, -0.1) is 0 Å². The highest BCUT2D eigenvalue weighted by Crippen LogP contribution is 2.46. The highest BCUT2D eigenvalue weighted by atomic mass is 14.9. The summed E-state index contributed by atoms with van der Waals surface area (Å²) in [5.74, 6) is 0. The number of aryl methyl sites for hydroxylation is 2. The Labute approximate surface area is 262 Å². The number of hydrogen-bond donors (Lipinski definition) is 0. The SMILES string of the molecule is Cc1ccc(-c2c3ccccc3c(-c3cccc(-c4ccc5c(c4)c4ccccc4n5C)c3)c3ccccc23)c2ccccc12. The van der Waals surface area contributed by atoms with E-state index in [2.05, 4.69) is 170 Å². The summed E-state index contributed by atoms with van der Waals surface area (Å²) in [5, 5.41) is 10.3. The van der Waals surface area contributed by atoms with Gasteiger partial charge in [-0.3, -0.25) is 0 Å². The molecule has 0 N–H and O–H groups in total. The second-order valence-corrected chi connectivity index (χ2v) is 12.2. The Morgan fingerprint density at radius 1 is 0.356 bits per heavy atom. The maximum atomic E-state index is 2.38. The van der Waals surface area contributed by atoms with Crippen LogP contribution in [0, 0.1) is 6.92 Å². The van der Waals surface area contributed by atoms with Gasteiger partial charge in [-0.05, 0) is 102 Å². The van der Waals surface area contributed by atoms with E-state index in [0.717, 1.165) is 0 Å². The molecule has 1 aromatic heterocycles. The molecule has 0 spiro atoms. The standard InChI is InChI=1S/C44H31N/c1-28-22-24-39(33-15-4-3-14-32(28)33)44-37-19-7-5-17-35(37)43(36-18-6-8-20-38(36)44)31-13-11-12-29(26-31)30-23-25-42-40(27-30)34-16-9-10-21-41(34)45(42)2/h3-27H,1-2H3. The fourth-order valence-corrected chi connectivity index (χ4v) is 7.60. The molecule has 0 saturated heterocycles. The second-order valence-electron chi connectivity index (χ2n) is 12.2. The first-order chi connectivity index (χ1) is 22.2. The van der Waals surface area contributed by atoms with E-state index in [1.54, 1.807) is 0 Å². The lowest BCUT2D eigenvalue weighted by atomic mass is 9.84. The van der Waals surface area contributed by atoms with E-state index >= 15 is 0 Å². The van der Waals surface area contributed by atoms with Crippen molar-refractivity contribution in [2.24, 2.45) is 7.05 Å². The highest BCUT2D eigenvalue weighted by molar-refractivity contribution is 6.23. The van der Waals surface area contributed by atoms with Crippen LogP contribution < -0.4 is 0 Å². The monoisotopic (exact) mass is 573 g/mol. The molecule has 0 bridgehead atoms. The van der Waals surface area contributed by atoms with E-state index in [1.165, 1.54) is 93.1 Å². The first-order valence-electron chi connectivity index (χ1n) is 15.7. The predicted molar refractivity (Wildman–Crippen MR) is 194 cm³/mol. The number of fused-ring (bicyclic) bond motifs is 6. The lowest BCUT2D eigenvalue weighted by Crippen LogP contribution is -1.92. The van der Waals surface area contributed by atoms with Gasteiger partial charge in [-0.1, -0.05) is 127 Å². The molecule has 1 heteroatoms. The van der Waals surface area contributed by atoms with Crippen molar-refractivity contribution >= 4 is 54.1 Å². The lowest BCUT2D eigenvalue weighted by molar-refractivity contribution is 1.01. The van der Waals surface area contributed by atoms with Crippen LogP contribution in [0.2, 0.25) is 0 Å². The molecule has 0 fully saturated rings. The third kappa shape index (κ3) is 3.87. The molecule has 1 nitrogen and oxygen atoms in total. The van der Waals surface area contributed by atoms with Crippen LogP contribution >= 0.6 is 0 Å². The summed E-state index contributed by atoms with van der Waals surface area (Å²) in [6, 6.07) is 56.0. The molecular formula is C44H31N. The molecule has 0 atom stereocenters. The largest absolute Gasteiger partial charge is 0.344 e. The van der Waals surface area contributed by atoms with Gasteiger partial charge in [0.25, 0.3) is 0 Å². The molecule has 1 heterocycles. The molecule has 212 valence electrons. The number of para-hydroxylation sites is 1. The van der Waals surface area contributed by atoms with Crippen molar-refractivity contribution < 1.29 is 0 Å². The van der Waals surface area contributed by atoms with Gasteiger partial charge in [0.15, 0.2) is 0 Å². The quantitative estimate of drug-likeness (QED) is 0.185. The number of rotatable bonds is 3. The molecule has 9 rings (SSSR count). The Hall–Kier alpha value is -5.66. The minimum atomic E-state index is 1.23. The molecule has 0 aliphatic rings. The van der Waals surface area contributed by atoms with Gasteiger partial charge in [-0.2, -0.15) is 0 Å². The van der Waals surface area contributed by atoms with Crippen LogP contribution in [0.4, 0.5) is 0 Å². The Morgan fingerprint density at radius 2 is 0.889 bits per heavy atom. The van der Waals surface area contributed by atoms with E-state index in [9.17, 15) is 0 Å². The van der Waals surface area contributed by atoms with Gasteiger partial charge >= 0.3 is 0 Å². The Balaban J connectivity index is 1.30. The maximum absolute atomic E-state index is 2.38. The van der Waals surface area contributed by atoms with Crippen molar-refractivity contribution in [1.82, 2.24) is 4.57 Å². The van der Waals surface area contributed by atoms with Crippen molar-refractivity contribution in [2.45, 2.75) is 6.92 Å². The van der Waals surface area contributed by atoms with Crippen molar-refractivity contribution in [3.8, 4) is 33.4 Å². The van der Waals surface area contributed by atoms with E-state index in [0.29, 0.717) is 0 Å². The molecule has 9 aromatic rings. The van der Waals surface area contributed by atoms with Gasteiger partial charge in [0.05, 0.1) is 0 Å². The minimum absolute atomic E-state index is 1.23. The Bertz CT molecular complexity index is 2560. The Kier molecular flexibility index (Phi) is 5.70. The molecular weight excluding hydrogens is 542 g/mol. The smallest absolute Gasteiger partial charge is 0.0489 e. The summed E-state index contributed by atoms with van der Waals surface area (Å²) in [4.78, 5) is 0. The zero-order valence-electron chi connectivity index (χ0n) is 25.4. The van der Waals surface area contributed by atoms with Crippen LogP contribution in [0.25, 0.3) is 87.5 Å². The van der Waals surface area contributed by atoms with Crippen LogP contribution in [0.3, 0.4) is 0 Å². The first-order valence-corrected chi connectivity index (χ1v) is 15.7. The average molecular weight is 574 g/mol. The minimum Gasteiger partial charge on any atom is -0.344 e. The van der Waals surface area contributed by atoms with Crippen molar-refractivity contribution in [1.29, 1.82) is 0 Å². The topological polar surface area (TPSA) is 4.93 Å². The summed E-state index contributed by atoms with van der Waals surface area (Å²) in [7, 11) is 2.16. The third-order valence-corrected chi connectivity index (χ3v) is 9.74. The number of nitrogens with zero attached hydrogens (tertiary/aromatic N) is 1. The van der Waals surface area contributed by atoms with E-state index in [-0.39, 0.29) is 0 Å². The fraction of sp³-hybridized carbons (Fsp3) is 0.0455. The van der Waals surface area contributed by atoms with Crippen LogP contribution in [0.1, 0.15) is 5.56 Å². The summed E-state index contributed by atoms with van der Waals surface area (Å²) in [6.07, 6.45) is 0. The van der Waals surface area contributed by atoms with Crippen molar-refractivity contribution in [3.63, 3.8) is 0 Å². The fourth-order valence-electron chi connectivity index (χ4n) is 7.60. The van der Waals surface area contributed by atoms with Crippen LogP contribution in [-0.4, -0.2) is 4.57 Å². The molecule has 0 aliphatic carbocycles. The van der Waals surface area contributed by atoms with Crippen molar-refractivity contribution in [2.75, 3.05) is 0 Å². The number of hydrogen-bond acceptors (Lipinski definition) is 0. The van der Waals surface area contributed by atoms with E-state index < -0.39 is 0 Å². The van der Waals surface area contributed by atoms with Crippen LogP contribution in [-0.2, 0) is 7.05 Å². The third-order valence-electron chi connectivity index (χ3n) is 9.74. The first kappa shape index (κ1) is 25.8. The lowest BCUT2D eigenvalue weighted by Gasteiger charge is -2.19. The van der Waals surface area contributed by atoms with E-state index in [1.807, 2.05) is 0 Å². The van der Waals surface area contributed by atoms with Gasteiger partial charge in [-0.25, -0.2) is 0 Å².